The maximum absolute atomic E-state index is 12.4. The van der Waals surface area contributed by atoms with Crippen LogP contribution in [0.5, 0.6) is 0 Å². The molecule has 0 saturated heterocycles. The fourth-order valence-electron chi connectivity index (χ4n) is 4.33. The highest BCUT2D eigenvalue weighted by Crippen LogP contribution is 2.11. The number of hydrogen-bond acceptors (Lipinski definition) is 5. The van der Waals surface area contributed by atoms with Crippen LogP contribution in [-0.4, -0.2) is 72.6 Å². The number of ether oxygens (including phenoxy) is 2. The van der Waals surface area contributed by atoms with Crippen molar-refractivity contribution in [2.45, 2.75) is 71.3 Å². The second kappa shape index (κ2) is 19.1. The van der Waals surface area contributed by atoms with Crippen molar-refractivity contribution in [1.29, 1.82) is 0 Å². The van der Waals surface area contributed by atoms with Crippen LogP contribution in [0.15, 0.2) is 60.7 Å². The number of unbranched alkanes of at least 4 members (excludes halogenated alkanes) is 2. The Hall–Kier alpha value is -3.06. The highest BCUT2D eigenvalue weighted by Gasteiger charge is 2.19. The van der Waals surface area contributed by atoms with Crippen molar-refractivity contribution >= 4 is 12.2 Å². The Morgan fingerprint density at radius 1 is 0.658 bits per heavy atom. The fraction of sp³-hybridized carbons (Fsp3) is 0.548. The number of aryl methyl sites for hydroxylation is 2. The third kappa shape index (κ3) is 13.0. The Balaban J connectivity index is 1.75. The van der Waals surface area contributed by atoms with Gasteiger partial charge < -0.3 is 24.4 Å². The monoisotopic (exact) mass is 526 g/mol. The fourth-order valence-corrected chi connectivity index (χ4v) is 4.33. The number of aliphatic hydroxyl groups excluding tert-OH is 1. The number of nitrogens with zero attached hydrogens (tertiary/aromatic N) is 2. The van der Waals surface area contributed by atoms with E-state index in [2.05, 4.69) is 24.3 Å². The van der Waals surface area contributed by atoms with Crippen molar-refractivity contribution in [3.63, 3.8) is 0 Å². The third-order valence-electron chi connectivity index (χ3n) is 6.49. The number of amides is 2. The Kier molecular flexibility index (Phi) is 15.6. The van der Waals surface area contributed by atoms with Crippen LogP contribution >= 0.6 is 0 Å². The van der Waals surface area contributed by atoms with E-state index >= 15 is 0 Å². The quantitative estimate of drug-likeness (QED) is 0.238. The molecule has 0 unspecified atom stereocenters. The number of carbonyl (C=O) groups excluding carboxylic acids is 2. The third-order valence-corrected chi connectivity index (χ3v) is 6.49. The normalized spacial score (nSPS) is 10.8. The largest absolute Gasteiger partial charge is 0.450 e. The van der Waals surface area contributed by atoms with E-state index in [4.69, 9.17) is 9.47 Å². The van der Waals surface area contributed by atoms with E-state index in [-0.39, 0.29) is 12.2 Å². The van der Waals surface area contributed by atoms with Gasteiger partial charge >= 0.3 is 12.2 Å². The lowest BCUT2D eigenvalue weighted by atomic mass is 10.1. The molecule has 0 spiro atoms. The van der Waals surface area contributed by atoms with Crippen LogP contribution in [0.25, 0.3) is 0 Å². The molecule has 0 aliphatic carbocycles. The summed E-state index contributed by atoms with van der Waals surface area (Å²) in [7, 11) is 0. The maximum atomic E-state index is 12.4. The Morgan fingerprint density at radius 3 is 1.42 bits per heavy atom. The van der Waals surface area contributed by atoms with Gasteiger partial charge in [0.05, 0.1) is 19.3 Å². The van der Waals surface area contributed by atoms with Crippen molar-refractivity contribution in [2.24, 2.45) is 0 Å². The summed E-state index contributed by atoms with van der Waals surface area (Å²) in [6.07, 6.45) is 5.17. The van der Waals surface area contributed by atoms with Crippen molar-refractivity contribution in [3.8, 4) is 0 Å². The Bertz CT molecular complexity index is 820. The Morgan fingerprint density at radius 2 is 1.05 bits per heavy atom. The van der Waals surface area contributed by atoms with E-state index in [1.54, 1.807) is 23.6 Å². The lowest BCUT2D eigenvalue weighted by molar-refractivity contribution is 0.0818. The zero-order valence-electron chi connectivity index (χ0n) is 23.2. The van der Waals surface area contributed by atoms with Crippen LogP contribution in [0.2, 0.25) is 0 Å². The first-order valence-electron chi connectivity index (χ1n) is 14.1. The first-order chi connectivity index (χ1) is 18.5. The van der Waals surface area contributed by atoms with Gasteiger partial charge in [0, 0.05) is 26.2 Å². The minimum atomic E-state index is -0.627. The van der Waals surface area contributed by atoms with E-state index in [0.717, 1.165) is 38.5 Å². The van der Waals surface area contributed by atoms with E-state index in [1.807, 2.05) is 36.4 Å². The second-order valence-corrected chi connectivity index (χ2v) is 9.49. The van der Waals surface area contributed by atoms with Crippen LogP contribution in [0.4, 0.5) is 9.59 Å². The van der Waals surface area contributed by atoms with Gasteiger partial charge in [0.15, 0.2) is 0 Å². The van der Waals surface area contributed by atoms with Crippen LogP contribution in [0, 0.1) is 0 Å². The van der Waals surface area contributed by atoms with Crippen LogP contribution in [0.3, 0.4) is 0 Å². The summed E-state index contributed by atoms with van der Waals surface area (Å²) in [4.78, 5) is 28.3. The highest BCUT2D eigenvalue weighted by molar-refractivity contribution is 5.67. The molecule has 2 aromatic carbocycles. The van der Waals surface area contributed by atoms with Crippen LogP contribution in [0.1, 0.15) is 63.5 Å². The molecule has 38 heavy (non-hydrogen) atoms. The summed E-state index contributed by atoms with van der Waals surface area (Å²) in [6, 6.07) is 20.6. The van der Waals surface area contributed by atoms with Gasteiger partial charge in [-0.2, -0.15) is 0 Å². The molecular formula is C31H46N2O5. The molecule has 2 aromatic rings. The lowest BCUT2D eigenvalue weighted by Gasteiger charge is -2.25. The average molecular weight is 527 g/mol. The smallest absolute Gasteiger partial charge is 0.409 e. The van der Waals surface area contributed by atoms with Crippen LogP contribution < -0.4 is 0 Å². The van der Waals surface area contributed by atoms with E-state index < -0.39 is 6.10 Å². The maximum Gasteiger partial charge on any atom is 0.409 e. The number of carbonyl (C=O) groups is 2. The number of hydrogen-bond donors (Lipinski definition) is 1. The molecule has 0 atom stereocenters. The summed E-state index contributed by atoms with van der Waals surface area (Å²) in [6.45, 7) is 6.25. The summed E-state index contributed by atoms with van der Waals surface area (Å²) in [5.74, 6) is 0. The summed E-state index contributed by atoms with van der Waals surface area (Å²) >= 11 is 0. The van der Waals surface area contributed by atoms with Gasteiger partial charge in [-0.05, 0) is 76.3 Å². The number of benzene rings is 2. The van der Waals surface area contributed by atoms with Gasteiger partial charge in [0.1, 0.15) is 0 Å². The lowest BCUT2D eigenvalue weighted by Crippen LogP contribution is -2.37. The molecule has 0 bridgehead atoms. The average Bonchev–Trinajstić information content (AvgIpc) is 2.93. The zero-order valence-corrected chi connectivity index (χ0v) is 23.2. The molecule has 210 valence electrons. The molecule has 2 amide bonds. The van der Waals surface area contributed by atoms with Gasteiger partial charge in [-0.25, -0.2) is 9.59 Å². The molecular weight excluding hydrogens is 480 g/mol. The van der Waals surface area contributed by atoms with Gasteiger partial charge in [-0.3, -0.25) is 0 Å². The van der Waals surface area contributed by atoms with E-state index in [0.29, 0.717) is 52.2 Å². The van der Waals surface area contributed by atoms with Crippen molar-refractivity contribution in [1.82, 2.24) is 9.80 Å². The molecule has 1 N–H and O–H groups in total. The summed E-state index contributed by atoms with van der Waals surface area (Å²) in [5, 5.41) is 10.7. The van der Waals surface area contributed by atoms with Gasteiger partial charge in [0.2, 0.25) is 0 Å². The van der Waals surface area contributed by atoms with Crippen molar-refractivity contribution in [2.75, 3.05) is 39.4 Å². The SMILES string of the molecule is CCOC(=O)N(CCCCc1ccccc1)CCC(O)CCN(CCCCc1ccccc1)C(=O)OCC. The van der Waals surface area contributed by atoms with Crippen molar-refractivity contribution < 1.29 is 24.2 Å². The topological polar surface area (TPSA) is 79.3 Å². The first kappa shape index (κ1) is 31.2. The van der Waals surface area contributed by atoms with Crippen molar-refractivity contribution in [3.05, 3.63) is 71.8 Å². The van der Waals surface area contributed by atoms with Gasteiger partial charge in [-0.1, -0.05) is 60.7 Å². The van der Waals surface area contributed by atoms with Gasteiger partial charge in [0.25, 0.3) is 0 Å². The molecule has 0 saturated carbocycles. The molecule has 2 rings (SSSR count). The Labute approximate surface area is 228 Å². The number of aliphatic hydroxyl groups is 1. The highest BCUT2D eigenvalue weighted by atomic mass is 16.6. The molecule has 7 heteroatoms. The first-order valence-corrected chi connectivity index (χ1v) is 14.1. The molecule has 0 aromatic heterocycles. The number of rotatable bonds is 18. The minimum Gasteiger partial charge on any atom is -0.450 e. The molecule has 0 aliphatic rings. The predicted octanol–water partition coefficient (Wildman–Crippen LogP) is 6.09. The molecule has 0 heterocycles. The van der Waals surface area contributed by atoms with Crippen LogP contribution in [-0.2, 0) is 22.3 Å². The molecule has 0 aliphatic heterocycles. The second-order valence-electron chi connectivity index (χ2n) is 9.49. The van der Waals surface area contributed by atoms with E-state index in [9.17, 15) is 14.7 Å². The molecule has 0 radical (unpaired) electrons. The van der Waals surface area contributed by atoms with E-state index in [1.165, 1.54) is 11.1 Å². The standard InChI is InChI=1S/C31H46N2O5/c1-3-37-30(35)32(23-13-11-19-27-15-7-5-8-16-27)25-21-29(34)22-26-33(31(36)38-4-2)24-14-12-20-28-17-9-6-10-18-28/h5-10,15-18,29,34H,3-4,11-14,19-26H2,1-2H3. The predicted molar refractivity (Wildman–Crippen MR) is 151 cm³/mol. The van der Waals surface area contributed by atoms with Gasteiger partial charge in [-0.15, -0.1) is 0 Å². The summed E-state index contributed by atoms with van der Waals surface area (Å²) in [5.41, 5.74) is 2.58. The molecule has 0 fully saturated rings. The molecule has 7 nitrogen and oxygen atoms in total. The minimum absolute atomic E-state index is 0.320. The zero-order chi connectivity index (χ0) is 27.4. The summed E-state index contributed by atoms with van der Waals surface area (Å²) < 4.78 is 10.5.